The molecular formula is C8H11BrN2O2. The highest BCUT2D eigenvalue weighted by molar-refractivity contribution is 9.10. The van der Waals surface area contributed by atoms with Gasteiger partial charge in [-0.05, 0) is 22.4 Å². The molecule has 0 saturated carbocycles. The van der Waals surface area contributed by atoms with E-state index in [-0.39, 0.29) is 0 Å². The molecule has 5 heteroatoms. The minimum atomic E-state index is -0.837. The molecule has 1 aromatic heterocycles. The van der Waals surface area contributed by atoms with Crippen LogP contribution in [0.25, 0.3) is 0 Å². The summed E-state index contributed by atoms with van der Waals surface area (Å²) < 4.78 is 7.79. The van der Waals surface area contributed by atoms with Crippen LogP contribution in [0.2, 0.25) is 0 Å². The van der Waals surface area contributed by atoms with Gasteiger partial charge in [-0.1, -0.05) is 6.92 Å². The molecule has 1 aromatic rings. The average molecular weight is 247 g/mol. The standard InChI is InChI=1S/C8H11BrN2O2/c1-2-5-6(9)7-8(12)13-4-3-11(7)10-5/h8,12H,2-4H2,1H3. The highest BCUT2D eigenvalue weighted by Gasteiger charge is 2.25. The summed E-state index contributed by atoms with van der Waals surface area (Å²) in [5.41, 5.74) is 1.71. The Balaban J connectivity index is 2.49. The molecule has 4 nitrogen and oxygen atoms in total. The number of ether oxygens (including phenoxy) is 1. The van der Waals surface area contributed by atoms with Crippen molar-refractivity contribution < 1.29 is 9.84 Å². The SMILES string of the molecule is CCc1nn2c(c1Br)C(O)OCC2. The number of aromatic nitrogens is 2. The Hall–Kier alpha value is -0.390. The van der Waals surface area contributed by atoms with Gasteiger partial charge in [0.1, 0.15) is 5.69 Å². The molecule has 0 bridgehead atoms. The van der Waals surface area contributed by atoms with Gasteiger partial charge in [0.15, 0.2) is 6.29 Å². The normalized spacial score (nSPS) is 21.6. The molecule has 1 atom stereocenters. The summed E-state index contributed by atoms with van der Waals surface area (Å²) in [5.74, 6) is 0. The number of hydrogen-bond donors (Lipinski definition) is 1. The van der Waals surface area contributed by atoms with Crippen molar-refractivity contribution in [3.63, 3.8) is 0 Å². The van der Waals surface area contributed by atoms with Gasteiger partial charge in [0.2, 0.25) is 0 Å². The third-order valence-electron chi connectivity index (χ3n) is 2.15. The third kappa shape index (κ3) is 1.41. The molecule has 0 radical (unpaired) electrons. The molecule has 2 heterocycles. The number of aryl methyl sites for hydroxylation is 1. The van der Waals surface area contributed by atoms with Crippen molar-refractivity contribution in [1.29, 1.82) is 0 Å². The van der Waals surface area contributed by atoms with Crippen molar-refractivity contribution in [2.75, 3.05) is 6.61 Å². The number of aliphatic hydroxyl groups excluding tert-OH is 1. The summed E-state index contributed by atoms with van der Waals surface area (Å²) in [6.45, 7) is 3.27. The Morgan fingerprint density at radius 1 is 1.77 bits per heavy atom. The molecule has 0 spiro atoms. The number of nitrogens with zero attached hydrogens (tertiary/aromatic N) is 2. The molecule has 13 heavy (non-hydrogen) atoms. The first-order chi connectivity index (χ1) is 6.24. The van der Waals surface area contributed by atoms with Gasteiger partial charge >= 0.3 is 0 Å². The van der Waals surface area contributed by atoms with Crippen LogP contribution >= 0.6 is 15.9 Å². The molecule has 72 valence electrons. The summed E-state index contributed by atoms with van der Waals surface area (Å²) in [4.78, 5) is 0. The fourth-order valence-electron chi connectivity index (χ4n) is 1.47. The molecule has 0 aromatic carbocycles. The third-order valence-corrected chi connectivity index (χ3v) is 3.01. The van der Waals surface area contributed by atoms with Crippen LogP contribution in [0.15, 0.2) is 4.47 Å². The first kappa shape index (κ1) is 9.18. The summed E-state index contributed by atoms with van der Waals surface area (Å²) in [6, 6.07) is 0. The molecule has 1 unspecified atom stereocenters. The van der Waals surface area contributed by atoms with E-state index in [2.05, 4.69) is 21.0 Å². The average Bonchev–Trinajstić information content (AvgIpc) is 2.44. The lowest BCUT2D eigenvalue weighted by atomic mass is 10.3. The Morgan fingerprint density at radius 2 is 2.54 bits per heavy atom. The molecule has 0 amide bonds. The summed E-state index contributed by atoms with van der Waals surface area (Å²) in [7, 11) is 0. The van der Waals surface area contributed by atoms with Crippen LogP contribution in [0, 0.1) is 0 Å². The van der Waals surface area contributed by atoms with Crippen molar-refractivity contribution in [2.24, 2.45) is 0 Å². The van der Waals surface area contributed by atoms with E-state index < -0.39 is 6.29 Å². The predicted octanol–water partition coefficient (Wildman–Crippen LogP) is 1.23. The Morgan fingerprint density at radius 3 is 3.15 bits per heavy atom. The molecule has 1 aliphatic heterocycles. The van der Waals surface area contributed by atoms with Gasteiger partial charge in [-0.3, -0.25) is 4.68 Å². The summed E-state index contributed by atoms with van der Waals surface area (Å²) in [5, 5.41) is 13.9. The van der Waals surface area contributed by atoms with Crippen molar-refractivity contribution in [3.8, 4) is 0 Å². The highest BCUT2D eigenvalue weighted by Crippen LogP contribution is 2.30. The topological polar surface area (TPSA) is 47.3 Å². The van der Waals surface area contributed by atoms with Crippen LogP contribution < -0.4 is 0 Å². The lowest BCUT2D eigenvalue weighted by Crippen LogP contribution is -2.21. The first-order valence-electron chi connectivity index (χ1n) is 4.28. The minimum Gasteiger partial charge on any atom is -0.363 e. The van der Waals surface area contributed by atoms with E-state index >= 15 is 0 Å². The van der Waals surface area contributed by atoms with Crippen LogP contribution in [0.1, 0.15) is 24.6 Å². The number of hydrogen-bond acceptors (Lipinski definition) is 3. The van der Waals surface area contributed by atoms with Gasteiger partial charge in [-0.2, -0.15) is 5.10 Å². The Kier molecular flexibility index (Phi) is 2.40. The van der Waals surface area contributed by atoms with Gasteiger partial charge in [0.05, 0.1) is 23.3 Å². The molecule has 2 rings (SSSR count). The molecule has 1 N–H and O–H groups in total. The van der Waals surface area contributed by atoms with Gasteiger partial charge < -0.3 is 9.84 Å². The zero-order chi connectivity index (χ0) is 9.42. The largest absolute Gasteiger partial charge is 0.363 e. The van der Waals surface area contributed by atoms with Crippen LogP contribution in [-0.2, 0) is 17.7 Å². The smallest absolute Gasteiger partial charge is 0.199 e. The first-order valence-corrected chi connectivity index (χ1v) is 5.08. The van der Waals surface area contributed by atoms with Crippen LogP contribution in [0.3, 0.4) is 0 Å². The predicted molar refractivity (Wildman–Crippen MR) is 50.2 cm³/mol. The van der Waals surface area contributed by atoms with Crippen LogP contribution in [0.4, 0.5) is 0 Å². The van der Waals surface area contributed by atoms with Crippen LogP contribution in [0.5, 0.6) is 0 Å². The van der Waals surface area contributed by atoms with Crippen molar-refractivity contribution >= 4 is 15.9 Å². The van der Waals surface area contributed by atoms with Crippen molar-refractivity contribution in [3.05, 3.63) is 15.9 Å². The van der Waals surface area contributed by atoms with Gasteiger partial charge in [0, 0.05) is 0 Å². The summed E-state index contributed by atoms with van der Waals surface area (Å²) in [6.07, 6.45) is 0.0174. The van der Waals surface area contributed by atoms with Crippen molar-refractivity contribution in [2.45, 2.75) is 26.2 Å². The number of rotatable bonds is 1. The zero-order valence-electron chi connectivity index (χ0n) is 7.33. The van der Waals surface area contributed by atoms with E-state index in [1.807, 2.05) is 6.92 Å². The van der Waals surface area contributed by atoms with E-state index in [1.54, 1.807) is 4.68 Å². The monoisotopic (exact) mass is 246 g/mol. The minimum absolute atomic E-state index is 0.519. The fraction of sp³-hybridized carbons (Fsp3) is 0.625. The second kappa shape index (κ2) is 3.40. The number of halogens is 1. The van der Waals surface area contributed by atoms with Gasteiger partial charge in [0.25, 0.3) is 0 Å². The van der Waals surface area contributed by atoms with Crippen LogP contribution in [-0.4, -0.2) is 21.5 Å². The van der Waals surface area contributed by atoms with E-state index in [0.717, 1.165) is 22.3 Å². The lowest BCUT2D eigenvalue weighted by Gasteiger charge is -2.19. The van der Waals surface area contributed by atoms with E-state index in [4.69, 9.17) is 4.74 Å². The van der Waals surface area contributed by atoms with Gasteiger partial charge in [-0.25, -0.2) is 0 Å². The fourth-order valence-corrected chi connectivity index (χ4v) is 2.23. The number of aliphatic hydroxyl groups is 1. The molecule has 0 aliphatic carbocycles. The lowest BCUT2D eigenvalue weighted by molar-refractivity contribution is -0.126. The highest BCUT2D eigenvalue weighted by atomic mass is 79.9. The molecule has 0 saturated heterocycles. The maximum Gasteiger partial charge on any atom is 0.199 e. The molecule has 1 aliphatic rings. The zero-order valence-corrected chi connectivity index (χ0v) is 8.91. The maximum atomic E-state index is 9.54. The maximum absolute atomic E-state index is 9.54. The van der Waals surface area contributed by atoms with E-state index in [1.165, 1.54) is 0 Å². The Labute approximate surface area is 84.6 Å². The summed E-state index contributed by atoms with van der Waals surface area (Å²) >= 11 is 3.41. The quantitative estimate of drug-likeness (QED) is 0.811. The van der Waals surface area contributed by atoms with Gasteiger partial charge in [-0.15, -0.1) is 0 Å². The second-order valence-electron chi connectivity index (χ2n) is 2.95. The van der Waals surface area contributed by atoms with E-state index in [0.29, 0.717) is 13.2 Å². The molecule has 0 fully saturated rings. The van der Waals surface area contributed by atoms with E-state index in [9.17, 15) is 5.11 Å². The second-order valence-corrected chi connectivity index (χ2v) is 3.74. The van der Waals surface area contributed by atoms with Crippen molar-refractivity contribution in [1.82, 2.24) is 9.78 Å². The Bertz CT molecular complexity index is 324. The molecular weight excluding hydrogens is 236 g/mol. The number of fused-ring (bicyclic) bond motifs is 1.